The zero-order chi connectivity index (χ0) is 19.9. The molecule has 2 aliphatic rings. The maximum atomic E-state index is 11.0. The van der Waals surface area contributed by atoms with Gasteiger partial charge >= 0.3 is 0 Å². The fourth-order valence-electron chi connectivity index (χ4n) is 4.44. The van der Waals surface area contributed by atoms with Gasteiger partial charge in [0.1, 0.15) is 4.83 Å². The van der Waals surface area contributed by atoms with Crippen LogP contribution in [0.3, 0.4) is 0 Å². The number of aryl methyl sites for hydroxylation is 1. The van der Waals surface area contributed by atoms with E-state index in [0.29, 0.717) is 23.8 Å². The van der Waals surface area contributed by atoms with Crippen LogP contribution in [0.15, 0.2) is 6.20 Å². The first-order valence-corrected chi connectivity index (χ1v) is 10.8. The minimum atomic E-state index is 0.0417. The molecule has 27 heavy (non-hydrogen) atoms. The number of likely N-dealkylation sites (tertiary alicyclic amines) is 1. The van der Waals surface area contributed by atoms with E-state index in [9.17, 15) is 4.79 Å². The molecule has 3 atom stereocenters. The standard InChI is InChI=1S/C17H22N2OS.C5H12O/c1-9(2)14-6-18-17-15(14)10(3)16(21-17)13-5-12-4-11(13)7-19(12)8-20;1-5(2,3)6-4/h6,8-9,11-13,18H,4-5,7H2,1-3H3;1-4H3. The molecule has 2 aromatic rings. The zero-order valence-corrected chi connectivity index (χ0v) is 18.6. The number of nitrogens with zero attached hydrogens (tertiary/aromatic N) is 1. The molecule has 0 radical (unpaired) electrons. The van der Waals surface area contributed by atoms with Crippen LogP contribution in [0.25, 0.3) is 10.2 Å². The number of methoxy groups -OCH3 is 1. The molecule has 2 bridgehead atoms. The summed E-state index contributed by atoms with van der Waals surface area (Å²) >= 11 is 1.95. The van der Waals surface area contributed by atoms with Gasteiger partial charge in [-0.3, -0.25) is 4.79 Å². The summed E-state index contributed by atoms with van der Waals surface area (Å²) < 4.78 is 4.94. The molecule has 0 aromatic carbocycles. The Bertz CT molecular complexity index is 799. The summed E-state index contributed by atoms with van der Waals surface area (Å²) in [5.74, 6) is 1.90. The van der Waals surface area contributed by atoms with Crippen LogP contribution in [0, 0.1) is 12.8 Å². The molecule has 1 aliphatic heterocycles. The summed E-state index contributed by atoms with van der Waals surface area (Å²) in [7, 11) is 1.71. The van der Waals surface area contributed by atoms with Gasteiger partial charge in [0.05, 0.1) is 5.60 Å². The number of rotatable bonds is 3. The summed E-state index contributed by atoms with van der Waals surface area (Å²) in [4.78, 5) is 19.4. The van der Waals surface area contributed by atoms with Gasteiger partial charge in [0.25, 0.3) is 0 Å². The fourth-order valence-corrected chi connectivity index (χ4v) is 5.85. The molecule has 1 aliphatic carbocycles. The van der Waals surface area contributed by atoms with Gasteiger partial charge < -0.3 is 14.6 Å². The lowest BCUT2D eigenvalue weighted by atomic mass is 9.90. The molecular weight excluding hydrogens is 356 g/mol. The second-order valence-corrected chi connectivity index (χ2v) is 10.4. The number of piperidine rings is 1. The van der Waals surface area contributed by atoms with Crippen molar-refractivity contribution in [3.05, 3.63) is 22.2 Å². The van der Waals surface area contributed by atoms with E-state index in [1.165, 1.54) is 27.8 Å². The highest BCUT2D eigenvalue weighted by atomic mass is 32.1. The van der Waals surface area contributed by atoms with Crippen molar-refractivity contribution in [3.8, 4) is 0 Å². The maximum absolute atomic E-state index is 11.0. The van der Waals surface area contributed by atoms with Gasteiger partial charge in [0.2, 0.25) is 6.41 Å². The van der Waals surface area contributed by atoms with E-state index < -0.39 is 0 Å². The van der Waals surface area contributed by atoms with Crippen LogP contribution in [0.4, 0.5) is 0 Å². The Morgan fingerprint density at radius 3 is 2.48 bits per heavy atom. The molecule has 2 aromatic heterocycles. The second-order valence-electron chi connectivity index (χ2n) is 9.30. The van der Waals surface area contributed by atoms with E-state index in [-0.39, 0.29) is 5.60 Å². The Morgan fingerprint density at radius 1 is 1.33 bits per heavy atom. The fraction of sp³-hybridized carbons (Fsp3) is 0.682. The minimum absolute atomic E-state index is 0.0417. The van der Waals surface area contributed by atoms with E-state index in [1.807, 2.05) is 37.0 Å². The van der Waals surface area contributed by atoms with Gasteiger partial charge in [-0.25, -0.2) is 0 Å². The number of thiophene rings is 1. The summed E-state index contributed by atoms with van der Waals surface area (Å²) in [6.07, 6.45) is 5.58. The van der Waals surface area contributed by atoms with Gasteiger partial charge in [-0.05, 0) is 63.5 Å². The number of aromatic amines is 1. The lowest BCUT2D eigenvalue weighted by Gasteiger charge is -2.28. The van der Waals surface area contributed by atoms with Crippen molar-refractivity contribution in [2.45, 2.75) is 77.9 Å². The number of amides is 1. The average Bonchev–Trinajstić information content (AvgIpc) is 3.35. The molecule has 4 nitrogen and oxygen atoms in total. The molecule has 4 rings (SSSR count). The van der Waals surface area contributed by atoms with Crippen molar-refractivity contribution in [2.75, 3.05) is 13.7 Å². The molecule has 3 unspecified atom stereocenters. The Hall–Kier alpha value is -1.33. The zero-order valence-electron chi connectivity index (χ0n) is 17.8. The number of carbonyl (C=O) groups excluding carboxylic acids is 1. The predicted molar refractivity (Wildman–Crippen MR) is 114 cm³/mol. The third-order valence-corrected chi connectivity index (χ3v) is 7.48. The average molecular weight is 391 g/mol. The number of carbonyl (C=O) groups is 1. The maximum Gasteiger partial charge on any atom is 0.209 e. The molecule has 150 valence electrons. The van der Waals surface area contributed by atoms with Crippen molar-refractivity contribution in [2.24, 2.45) is 5.92 Å². The SMILES string of the molecule is COC(C)(C)C.Cc1c(C2CC3CC2CN3C=O)sc2[nH]cc(C(C)C)c12. The third kappa shape index (κ3) is 3.95. The van der Waals surface area contributed by atoms with Crippen LogP contribution in [0.2, 0.25) is 0 Å². The lowest BCUT2D eigenvalue weighted by Crippen LogP contribution is -2.33. The first-order valence-electron chi connectivity index (χ1n) is 10.0. The quantitative estimate of drug-likeness (QED) is 0.711. The summed E-state index contributed by atoms with van der Waals surface area (Å²) in [6.45, 7) is 13.8. The van der Waals surface area contributed by atoms with E-state index in [2.05, 4.69) is 32.0 Å². The van der Waals surface area contributed by atoms with Crippen LogP contribution < -0.4 is 0 Å². The van der Waals surface area contributed by atoms with Crippen molar-refractivity contribution < 1.29 is 9.53 Å². The number of hydrogen-bond acceptors (Lipinski definition) is 3. The van der Waals surface area contributed by atoms with Crippen molar-refractivity contribution in [1.29, 1.82) is 0 Å². The van der Waals surface area contributed by atoms with E-state index in [1.54, 1.807) is 12.0 Å². The number of nitrogens with one attached hydrogen (secondary N) is 1. The molecular formula is C22H34N2O2S. The second kappa shape index (κ2) is 7.59. The van der Waals surface area contributed by atoms with E-state index in [4.69, 9.17) is 4.74 Å². The van der Waals surface area contributed by atoms with Gasteiger partial charge in [0.15, 0.2) is 0 Å². The minimum Gasteiger partial charge on any atom is -0.379 e. The van der Waals surface area contributed by atoms with Crippen molar-refractivity contribution in [1.82, 2.24) is 9.88 Å². The first kappa shape index (κ1) is 20.4. The van der Waals surface area contributed by atoms with Crippen LogP contribution >= 0.6 is 11.3 Å². The predicted octanol–water partition coefficient (Wildman–Crippen LogP) is 5.43. The van der Waals surface area contributed by atoms with Gasteiger partial charge in [0, 0.05) is 42.1 Å². The van der Waals surface area contributed by atoms with Gasteiger partial charge in [-0.1, -0.05) is 13.8 Å². The number of aromatic nitrogens is 1. The number of ether oxygens (including phenoxy) is 1. The molecule has 1 saturated heterocycles. The third-order valence-electron chi connectivity index (χ3n) is 6.12. The number of hydrogen-bond donors (Lipinski definition) is 1. The van der Waals surface area contributed by atoms with Crippen LogP contribution in [-0.4, -0.2) is 41.6 Å². The first-order chi connectivity index (χ1) is 12.7. The number of H-pyrrole nitrogens is 1. The molecule has 1 saturated carbocycles. The highest BCUT2D eigenvalue weighted by molar-refractivity contribution is 7.19. The van der Waals surface area contributed by atoms with Crippen molar-refractivity contribution in [3.63, 3.8) is 0 Å². The molecule has 1 N–H and O–H groups in total. The molecule has 0 spiro atoms. The Balaban J connectivity index is 0.000000307. The van der Waals surface area contributed by atoms with Gasteiger partial charge in [-0.15, -0.1) is 11.3 Å². The largest absolute Gasteiger partial charge is 0.379 e. The molecule has 5 heteroatoms. The molecule has 2 fully saturated rings. The summed E-state index contributed by atoms with van der Waals surface area (Å²) in [6, 6.07) is 0.488. The Kier molecular flexibility index (Phi) is 5.74. The van der Waals surface area contributed by atoms with Crippen LogP contribution in [0.1, 0.15) is 75.3 Å². The van der Waals surface area contributed by atoms with Crippen LogP contribution in [0.5, 0.6) is 0 Å². The van der Waals surface area contributed by atoms with E-state index in [0.717, 1.165) is 19.4 Å². The van der Waals surface area contributed by atoms with E-state index >= 15 is 0 Å². The van der Waals surface area contributed by atoms with Gasteiger partial charge in [-0.2, -0.15) is 0 Å². The van der Waals surface area contributed by atoms with Crippen molar-refractivity contribution >= 4 is 28.0 Å². The highest BCUT2D eigenvalue weighted by Gasteiger charge is 2.45. The topological polar surface area (TPSA) is 45.3 Å². The Morgan fingerprint density at radius 2 is 2.00 bits per heavy atom. The summed E-state index contributed by atoms with van der Waals surface area (Å²) in [5, 5.41) is 1.46. The molecule has 3 heterocycles. The lowest BCUT2D eigenvalue weighted by molar-refractivity contribution is -0.119. The Labute approximate surface area is 167 Å². The van der Waals surface area contributed by atoms with Crippen LogP contribution in [-0.2, 0) is 9.53 Å². The normalized spacial score (nSPS) is 24.6. The number of fused-ring (bicyclic) bond motifs is 3. The monoisotopic (exact) mass is 390 g/mol. The smallest absolute Gasteiger partial charge is 0.209 e. The molecule has 1 amide bonds. The highest BCUT2D eigenvalue weighted by Crippen LogP contribution is 2.51. The summed E-state index contributed by atoms with van der Waals surface area (Å²) in [5.41, 5.74) is 2.97.